The smallest absolute Gasteiger partial charge is 0.126 e. The van der Waals surface area contributed by atoms with Crippen molar-refractivity contribution < 1.29 is 4.74 Å². The summed E-state index contributed by atoms with van der Waals surface area (Å²) in [5.41, 5.74) is 8.02. The summed E-state index contributed by atoms with van der Waals surface area (Å²) in [6.07, 6.45) is 3.81. The number of para-hydroxylation sites is 1. The Labute approximate surface area is 110 Å². The lowest BCUT2D eigenvalue weighted by Gasteiger charge is -2.16. The number of aryl methyl sites for hydroxylation is 1. The topological polar surface area (TPSA) is 38.5 Å². The predicted molar refractivity (Wildman–Crippen MR) is 74.9 cm³/mol. The Morgan fingerprint density at radius 2 is 2.06 bits per heavy atom. The highest BCUT2D eigenvalue weighted by Gasteiger charge is 2.11. The van der Waals surface area contributed by atoms with Gasteiger partial charge < -0.3 is 15.4 Å². The van der Waals surface area contributed by atoms with Gasteiger partial charge in [0.25, 0.3) is 0 Å². The normalized spacial score (nSPS) is 16.1. The fourth-order valence-electron chi connectivity index (χ4n) is 2.55. The standard InChI is InChI=1S/C15H24N2O/c1-13-6-4-7-14(12-16)15(13)18-11-5-10-17-8-2-3-9-17/h4,6-7H,2-3,5,8-12,16H2,1H3. The van der Waals surface area contributed by atoms with E-state index in [0.29, 0.717) is 6.54 Å². The number of nitrogens with zero attached hydrogens (tertiary/aromatic N) is 1. The molecule has 2 rings (SSSR count). The van der Waals surface area contributed by atoms with E-state index in [2.05, 4.69) is 17.9 Å². The molecule has 1 fully saturated rings. The second-order valence-electron chi connectivity index (χ2n) is 5.02. The molecule has 0 aliphatic carbocycles. The van der Waals surface area contributed by atoms with Crippen LogP contribution >= 0.6 is 0 Å². The number of likely N-dealkylation sites (tertiary alicyclic amines) is 1. The molecule has 1 aromatic rings. The summed E-state index contributed by atoms with van der Waals surface area (Å²) in [7, 11) is 0. The summed E-state index contributed by atoms with van der Waals surface area (Å²) < 4.78 is 5.91. The Morgan fingerprint density at radius 1 is 1.28 bits per heavy atom. The third-order valence-electron chi connectivity index (χ3n) is 3.58. The number of hydrogen-bond acceptors (Lipinski definition) is 3. The van der Waals surface area contributed by atoms with E-state index in [1.165, 1.54) is 31.5 Å². The van der Waals surface area contributed by atoms with Gasteiger partial charge in [-0.15, -0.1) is 0 Å². The molecule has 0 atom stereocenters. The van der Waals surface area contributed by atoms with Gasteiger partial charge in [-0.3, -0.25) is 0 Å². The van der Waals surface area contributed by atoms with E-state index in [-0.39, 0.29) is 0 Å². The minimum atomic E-state index is 0.545. The average molecular weight is 248 g/mol. The van der Waals surface area contributed by atoms with Crippen LogP contribution in [0.5, 0.6) is 5.75 Å². The van der Waals surface area contributed by atoms with Gasteiger partial charge in [0, 0.05) is 18.7 Å². The van der Waals surface area contributed by atoms with E-state index < -0.39 is 0 Å². The molecule has 3 nitrogen and oxygen atoms in total. The van der Waals surface area contributed by atoms with Gasteiger partial charge in [0.05, 0.1) is 6.61 Å². The SMILES string of the molecule is Cc1cccc(CN)c1OCCCN1CCCC1. The molecule has 0 bridgehead atoms. The van der Waals surface area contributed by atoms with Gasteiger partial charge >= 0.3 is 0 Å². The molecule has 0 saturated carbocycles. The maximum absolute atomic E-state index is 5.91. The second kappa shape index (κ2) is 6.76. The minimum absolute atomic E-state index is 0.545. The third kappa shape index (κ3) is 3.47. The molecule has 18 heavy (non-hydrogen) atoms. The first-order valence-electron chi connectivity index (χ1n) is 6.95. The van der Waals surface area contributed by atoms with Crippen LogP contribution in [0.4, 0.5) is 0 Å². The van der Waals surface area contributed by atoms with Gasteiger partial charge in [0.1, 0.15) is 5.75 Å². The molecular formula is C15H24N2O. The Kier molecular flexibility index (Phi) is 5.02. The fourth-order valence-corrected chi connectivity index (χ4v) is 2.55. The van der Waals surface area contributed by atoms with Crippen LogP contribution in [-0.4, -0.2) is 31.1 Å². The Balaban J connectivity index is 1.78. The van der Waals surface area contributed by atoms with Crippen molar-refractivity contribution in [3.63, 3.8) is 0 Å². The molecule has 1 heterocycles. The average Bonchev–Trinajstić information content (AvgIpc) is 2.89. The van der Waals surface area contributed by atoms with Crippen LogP contribution in [0.15, 0.2) is 18.2 Å². The molecule has 1 saturated heterocycles. The maximum atomic E-state index is 5.91. The van der Waals surface area contributed by atoms with Crippen LogP contribution in [-0.2, 0) is 6.54 Å². The van der Waals surface area contributed by atoms with Crippen molar-refractivity contribution in [3.8, 4) is 5.75 Å². The quantitative estimate of drug-likeness (QED) is 0.785. The number of ether oxygens (including phenoxy) is 1. The van der Waals surface area contributed by atoms with E-state index in [1.807, 2.05) is 12.1 Å². The van der Waals surface area contributed by atoms with E-state index in [1.54, 1.807) is 0 Å². The van der Waals surface area contributed by atoms with Crippen LogP contribution in [0.3, 0.4) is 0 Å². The van der Waals surface area contributed by atoms with E-state index >= 15 is 0 Å². The molecule has 100 valence electrons. The molecule has 1 aliphatic rings. The molecule has 0 spiro atoms. The van der Waals surface area contributed by atoms with Gasteiger partial charge in [-0.05, 0) is 44.8 Å². The minimum Gasteiger partial charge on any atom is -0.493 e. The van der Waals surface area contributed by atoms with Crippen molar-refractivity contribution in [2.24, 2.45) is 5.73 Å². The van der Waals surface area contributed by atoms with Crippen molar-refractivity contribution in [3.05, 3.63) is 29.3 Å². The highest BCUT2D eigenvalue weighted by Crippen LogP contribution is 2.23. The zero-order valence-electron chi connectivity index (χ0n) is 11.3. The van der Waals surface area contributed by atoms with Crippen LogP contribution in [0.1, 0.15) is 30.4 Å². The molecule has 1 aromatic carbocycles. The van der Waals surface area contributed by atoms with Crippen molar-refractivity contribution in [2.45, 2.75) is 32.7 Å². The molecule has 0 amide bonds. The molecule has 1 aliphatic heterocycles. The van der Waals surface area contributed by atoms with Crippen molar-refractivity contribution in [2.75, 3.05) is 26.2 Å². The molecule has 3 heteroatoms. The molecule has 0 unspecified atom stereocenters. The van der Waals surface area contributed by atoms with Crippen LogP contribution in [0.2, 0.25) is 0 Å². The molecule has 2 N–H and O–H groups in total. The van der Waals surface area contributed by atoms with Crippen molar-refractivity contribution in [1.82, 2.24) is 4.90 Å². The summed E-state index contributed by atoms with van der Waals surface area (Å²) >= 11 is 0. The Morgan fingerprint density at radius 3 is 2.78 bits per heavy atom. The largest absolute Gasteiger partial charge is 0.493 e. The highest BCUT2D eigenvalue weighted by molar-refractivity contribution is 5.40. The van der Waals surface area contributed by atoms with E-state index in [9.17, 15) is 0 Å². The first kappa shape index (κ1) is 13.4. The zero-order chi connectivity index (χ0) is 12.8. The van der Waals surface area contributed by atoms with Gasteiger partial charge in [0.15, 0.2) is 0 Å². The summed E-state index contributed by atoms with van der Waals surface area (Å²) in [5.74, 6) is 0.987. The maximum Gasteiger partial charge on any atom is 0.126 e. The van der Waals surface area contributed by atoms with Gasteiger partial charge in [-0.1, -0.05) is 18.2 Å². The van der Waals surface area contributed by atoms with Crippen molar-refractivity contribution >= 4 is 0 Å². The van der Waals surface area contributed by atoms with Gasteiger partial charge in [0.2, 0.25) is 0 Å². The Hall–Kier alpha value is -1.06. The predicted octanol–water partition coefficient (Wildman–Crippen LogP) is 2.32. The monoisotopic (exact) mass is 248 g/mol. The van der Waals surface area contributed by atoms with Crippen LogP contribution < -0.4 is 10.5 Å². The van der Waals surface area contributed by atoms with Crippen molar-refractivity contribution in [1.29, 1.82) is 0 Å². The summed E-state index contributed by atoms with van der Waals surface area (Å²) in [5, 5.41) is 0. The number of nitrogens with two attached hydrogens (primary N) is 1. The van der Waals surface area contributed by atoms with Gasteiger partial charge in [-0.2, -0.15) is 0 Å². The number of benzene rings is 1. The lowest BCUT2D eigenvalue weighted by atomic mass is 10.1. The summed E-state index contributed by atoms with van der Waals surface area (Å²) in [6.45, 7) is 7.09. The zero-order valence-corrected chi connectivity index (χ0v) is 11.3. The molecule has 0 radical (unpaired) electrons. The second-order valence-corrected chi connectivity index (χ2v) is 5.02. The lowest BCUT2D eigenvalue weighted by Crippen LogP contribution is -2.22. The van der Waals surface area contributed by atoms with Gasteiger partial charge in [-0.25, -0.2) is 0 Å². The summed E-state index contributed by atoms with van der Waals surface area (Å²) in [6, 6.07) is 6.16. The molecular weight excluding hydrogens is 224 g/mol. The Bertz CT molecular complexity index is 373. The molecule has 0 aromatic heterocycles. The van der Waals surface area contributed by atoms with E-state index in [0.717, 1.165) is 30.9 Å². The number of rotatable bonds is 6. The lowest BCUT2D eigenvalue weighted by molar-refractivity contribution is 0.261. The number of hydrogen-bond donors (Lipinski definition) is 1. The fraction of sp³-hybridized carbons (Fsp3) is 0.600. The van der Waals surface area contributed by atoms with Crippen LogP contribution in [0, 0.1) is 6.92 Å². The third-order valence-corrected chi connectivity index (χ3v) is 3.58. The van der Waals surface area contributed by atoms with Crippen LogP contribution in [0.25, 0.3) is 0 Å². The summed E-state index contributed by atoms with van der Waals surface area (Å²) in [4.78, 5) is 2.52. The highest BCUT2D eigenvalue weighted by atomic mass is 16.5. The van der Waals surface area contributed by atoms with E-state index in [4.69, 9.17) is 10.5 Å². The first-order valence-corrected chi connectivity index (χ1v) is 6.95. The first-order chi connectivity index (χ1) is 8.81.